The summed E-state index contributed by atoms with van der Waals surface area (Å²) in [7, 11) is -3.72. The molecule has 0 atom stereocenters. The summed E-state index contributed by atoms with van der Waals surface area (Å²) in [6, 6.07) is 16.1. The summed E-state index contributed by atoms with van der Waals surface area (Å²) in [6.45, 7) is 1.54. The van der Waals surface area contributed by atoms with Crippen LogP contribution in [0.25, 0.3) is 10.6 Å². The maximum Gasteiger partial charge on any atom is 0.238 e. The maximum atomic E-state index is 11.4. The second-order valence-electron chi connectivity index (χ2n) is 6.68. The third kappa shape index (κ3) is 5.70. The van der Waals surface area contributed by atoms with Crippen LogP contribution in [0.5, 0.6) is 0 Å². The van der Waals surface area contributed by atoms with Gasteiger partial charge in [0.1, 0.15) is 0 Å². The Morgan fingerprint density at radius 2 is 1.68 bits per heavy atom. The largest absolute Gasteiger partial charge is 0.324 e. The average Bonchev–Trinajstić information content (AvgIpc) is 3.24. The quantitative estimate of drug-likeness (QED) is 0.375. The Morgan fingerprint density at radius 3 is 2.42 bits per heavy atom. The minimum atomic E-state index is -3.72. The number of nitrogens with zero attached hydrogens (tertiary/aromatic N) is 3. The van der Waals surface area contributed by atoms with Crippen LogP contribution in [-0.2, 0) is 23.1 Å². The van der Waals surface area contributed by atoms with E-state index in [1.807, 2.05) is 24.3 Å². The lowest BCUT2D eigenvalue weighted by atomic mass is 10.3. The van der Waals surface area contributed by atoms with Crippen LogP contribution in [0.15, 0.2) is 78.1 Å². The highest BCUT2D eigenvalue weighted by atomic mass is 32.2. The summed E-state index contributed by atoms with van der Waals surface area (Å²) in [6.07, 6.45) is 5.26. The van der Waals surface area contributed by atoms with Gasteiger partial charge < -0.3 is 10.6 Å². The van der Waals surface area contributed by atoms with Gasteiger partial charge in [0.05, 0.1) is 15.5 Å². The van der Waals surface area contributed by atoms with Gasteiger partial charge in [-0.15, -0.1) is 11.3 Å². The third-order valence-electron chi connectivity index (χ3n) is 4.39. The predicted molar refractivity (Wildman–Crippen MR) is 121 cm³/mol. The van der Waals surface area contributed by atoms with Crippen molar-refractivity contribution >= 4 is 33.0 Å². The van der Waals surface area contributed by atoms with Crippen molar-refractivity contribution in [3.05, 3.63) is 83.6 Å². The van der Waals surface area contributed by atoms with Crippen molar-refractivity contribution in [2.45, 2.75) is 18.0 Å². The molecule has 4 N–H and O–H groups in total. The molecule has 31 heavy (non-hydrogen) atoms. The van der Waals surface area contributed by atoms with Gasteiger partial charge in [0, 0.05) is 42.2 Å². The molecule has 8 nitrogen and oxygen atoms in total. The van der Waals surface area contributed by atoms with Crippen molar-refractivity contribution < 1.29 is 8.42 Å². The number of primary sulfonamides is 1. The Kier molecular flexibility index (Phi) is 6.33. The van der Waals surface area contributed by atoms with Gasteiger partial charge in [-0.1, -0.05) is 0 Å². The molecule has 10 heteroatoms. The molecule has 0 saturated carbocycles. The Morgan fingerprint density at radius 1 is 0.903 bits per heavy atom. The summed E-state index contributed by atoms with van der Waals surface area (Å²) in [4.78, 5) is 15.1. The minimum Gasteiger partial charge on any atom is -0.324 e. The van der Waals surface area contributed by atoms with Crippen LogP contribution < -0.4 is 15.8 Å². The monoisotopic (exact) mass is 452 g/mol. The van der Waals surface area contributed by atoms with E-state index < -0.39 is 10.0 Å². The van der Waals surface area contributed by atoms with Gasteiger partial charge in [-0.25, -0.2) is 23.5 Å². The Balaban J connectivity index is 1.40. The normalized spacial score (nSPS) is 11.4. The minimum absolute atomic E-state index is 0.0522. The molecule has 0 radical (unpaired) electrons. The van der Waals surface area contributed by atoms with E-state index in [1.54, 1.807) is 42.1 Å². The average molecular weight is 453 g/mol. The number of anilines is 2. The summed E-state index contributed by atoms with van der Waals surface area (Å²) in [5, 5.41) is 11.6. The van der Waals surface area contributed by atoms with Crippen LogP contribution in [0, 0.1) is 0 Å². The van der Waals surface area contributed by atoms with Crippen LogP contribution in [-0.4, -0.2) is 23.4 Å². The van der Waals surface area contributed by atoms with E-state index in [9.17, 15) is 8.42 Å². The molecule has 0 fully saturated rings. The highest BCUT2D eigenvalue weighted by molar-refractivity contribution is 7.89. The fourth-order valence-electron chi connectivity index (χ4n) is 2.85. The molecule has 0 aliphatic rings. The lowest BCUT2D eigenvalue weighted by Crippen LogP contribution is -2.11. The predicted octanol–water partition coefficient (Wildman–Crippen LogP) is 3.28. The van der Waals surface area contributed by atoms with Gasteiger partial charge in [0.25, 0.3) is 0 Å². The zero-order valence-electron chi connectivity index (χ0n) is 16.4. The molecule has 158 valence electrons. The Bertz CT molecular complexity index is 1260. The van der Waals surface area contributed by atoms with Gasteiger partial charge in [0.15, 0.2) is 0 Å². The lowest BCUT2D eigenvalue weighted by Gasteiger charge is -2.06. The second kappa shape index (κ2) is 9.31. The number of hydrogen-bond donors (Lipinski definition) is 3. The van der Waals surface area contributed by atoms with Gasteiger partial charge >= 0.3 is 0 Å². The van der Waals surface area contributed by atoms with E-state index in [0.717, 1.165) is 23.7 Å². The van der Waals surface area contributed by atoms with E-state index in [4.69, 9.17) is 5.14 Å². The third-order valence-corrected chi connectivity index (χ3v) is 6.42. The number of nitrogens with one attached hydrogen (secondary N) is 2. The summed E-state index contributed by atoms with van der Waals surface area (Å²) in [5.74, 6) is 0.423. The molecule has 1 aromatic carbocycles. The molecule has 4 rings (SSSR count). The zero-order valence-corrected chi connectivity index (χ0v) is 18.0. The molecule has 0 aliphatic heterocycles. The van der Waals surface area contributed by atoms with Crippen LogP contribution in [0.1, 0.15) is 10.4 Å². The first kappa shape index (κ1) is 21.1. The van der Waals surface area contributed by atoms with E-state index in [2.05, 4.69) is 31.7 Å². The fraction of sp³-hybridized carbons (Fsp3) is 0.0952. The topological polar surface area (TPSA) is 123 Å². The molecule has 3 aromatic heterocycles. The van der Waals surface area contributed by atoms with E-state index >= 15 is 0 Å². The number of pyridine rings is 1. The standard InChI is InChI=1S/C21H20N6O2S2/c22-31(28,29)18-4-1-16(2-5-18)26-21-25-12-9-19(27-21)20-6-3-17(30-20)14-24-13-15-7-10-23-11-8-15/h1-12,24H,13-14H2,(H2,22,28,29)(H,25,26,27). The van der Waals surface area contributed by atoms with Crippen LogP contribution >= 0.6 is 11.3 Å². The first-order valence-electron chi connectivity index (χ1n) is 9.39. The van der Waals surface area contributed by atoms with Gasteiger partial charge in [-0.3, -0.25) is 4.98 Å². The van der Waals surface area contributed by atoms with Crippen molar-refractivity contribution in [3.63, 3.8) is 0 Å². The summed E-state index contributed by atoms with van der Waals surface area (Å²) >= 11 is 1.67. The molecule has 0 spiro atoms. The highest BCUT2D eigenvalue weighted by Crippen LogP contribution is 2.27. The molecule has 3 heterocycles. The first-order chi connectivity index (χ1) is 15.0. The van der Waals surface area contributed by atoms with Gasteiger partial charge in [-0.2, -0.15) is 0 Å². The SMILES string of the molecule is NS(=O)(=O)c1ccc(Nc2nccc(-c3ccc(CNCc4ccncc4)s3)n2)cc1. The van der Waals surface area contributed by atoms with Crippen molar-refractivity contribution in [2.75, 3.05) is 5.32 Å². The molecule has 0 saturated heterocycles. The van der Waals surface area contributed by atoms with Crippen molar-refractivity contribution in [1.29, 1.82) is 0 Å². The zero-order chi connectivity index (χ0) is 21.7. The molecular weight excluding hydrogens is 432 g/mol. The number of sulfonamides is 1. The maximum absolute atomic E-state index is 11.4. The number of thiophene rings is 1. The molecule has 0 unspecified atom stereocenters. The van der Waals surface area contributed by atoms with E-state index in [0.29, 0.717) is 11.6 Å². The van der Waals surface area contributed by atoms with Crippen molar-refractivity contribution in [1.82, 2.24) is 20.3 Å². The fourth-order valence-corrected chi connectivity index (χ4v) is 4.32. The summed E-state index contributed by atoms with van der Waals surface area (Å²) < 4.78 is 22.7. The highest BCUT2D eigenvalue weighted by Gasteiger charge is 2.09. The molecule has 0 aliphatic carbocycles. The van der Waals surface area contributed by atoms with E-state index in [1.165, 1.54) is 22.6 Å². The summed E-state index contributed by atoms with van der Waals surface area (Å²) in [5.41, 5.74) is 2.66. The molecule has 0 bridgehead atoms. The molecule has 4 aromatic rings. The number of hydrogen-bond acceptors (Lipinski definition) is 8. The number of rotatable bonds is 8. The van der Waals surface area contributed by atoms with Crippen molar-refractivity contribution in [3.8, 4) is 10.6 Å². The number of benzene rings is 1. The smallest absolute Gasteiger partial charge is 0.238 e. The van der Waals surface area contributed by atoms with Gasteiger partial charge in [-0.05, 0) is 60.2 Å². The van der Waals surface area contributed by atoms with E-state index in [-0.39, 0.29) is 4.90 Å². The Labute approximate surface area is 184 Å². The lowest BCUT2D eigenvalue weighted by molar-refractivity contribution is 0.598. The van der Waals surface area contributed by atoms with Gasteiger partial charge in [0.2, 0.25) is 16.0 Å². The Hall–Kier alpha value is -3.18. The van der Waals surface area contributed by atoms with Crippen LogP contribution in [0.4, 0.5) is 11.6 Å². The number of nitrogens with two attached hydrogens (primary N) is 1. The van der Waals surface area contributed by atoms with Crippen molar-refractivity contribution in [2.24, 2.45) is 5.14 Å². The van der Waals surface area contributed by atoms with Crippen LogP contribution in [0.3, 0.4) is 0 Å². The molecular formula is C21H20N6O2S2. The number of aromatic nitrogens is 3. The second-order valence-corrected chi connectivity index (χ2v) is 9.41. The van der Waals surface area contributed by atoms with Crippen LogP contribution in [0.2, 0.25) is 0 Å². The first-order valence-corrected chi connectivity index (χ1v) is 11.8. The molecule has 0 amide bonds.